The lowest BCUT2D eigenvalue weighted by atomic mass is 9.83. The van der Waals surface area contributed by atoms with Crippen LogP contribution in [0, 0.1) is 0 Å². The summed E-state index contributed by atoms with van der Waals surface area (Å²) in [5.41, 5.74) is 0.290. The Bertz CT molecular complexity index is 647. The van der Waals surface area contributed by atoms with Crippen LogP contribution in [0.15, 0.2) is 44.5 Å². The van der Waals surface area contributed by atoms with E-state index in [9.17, 15) is 9.59 Å². The first-order valence-corrected chi connectivity index (χ1v) is 7.05. The van der Waals surface area contributed by atoms with Crippen LogP contribution in [-0.2, 0) is 15.1 Å². The Hall–Kier alpha value is -0.950. The number of hydrogen-bond acceptors (Lipinski definition) is 3. The van der Waals surface area contributed by atoms with Gasteiger partial charge in [0.05, 0.1) is 4.48 Å². The van der Waals surface area contributed by atoms with Crippen LogP contribution >= 0.6 is 38.5 Å². The quantitative estimate of drug-likeness (QED) is 0.481. The Morgan fingerprint density at radius 1 is 1.22 bits per heavy atom. The molecule has 0 saturated heterocycles. The summed E-state index contributed by atoms with van der Waals surface area (Å²) in [4.78, 5) is 23.5. The zero-order chi connectivity index (χ0) is 12.9. The zero-order valence-corrected chi connectivity index (χ0v) is 12.7. The smallest absolute Gasteiger partial charge is 0.346 e. The fourth-order valence-corrected chi connectivity index (χ4v) is 3.26. The first-order valence-electron chi connectivity index (χ1n) is 5.18. The Labute approximate surface area is 125 Å². The summed E-state index contributed by atoms with van der Waals surface area (Å²) >= 11 is 5.36. The van der Waals surface area contributed by atoms with Crippen molar-refractivity contribution in [2.45, 2.75) is 5.60 Å². The van der Waals surface area contributed by atoms with Gasteiger partial charge in [0.1, 0.15) is 3.58 Å². The van der Waals surface area contributed by atoms with E-state index in [1.807, 2.05) is 28.7 Å². The van der Waals surface area contributed by atoms with E-state index in [1.165, 1.54) is 6.08 Å². The number of hydrogen-bond donors (Lipinski definition) is 0. The van der Waals surface area contributed by atoms with E-state index >= 15 is 0 Å². The number of ether oxygens (including phenoxy) is 1. The molecule has 3 rings (SSSR count). The highest BCUT2D eigenvalue weighted by Gasteiger charge is 2.48. The minimum Gasteiger partial charge on any atom is -0.440 e. The van der Waals surface area contributed by atoms with Crippen molar-refractivity contribution >= 4 is 50.3 Å². The van der Waals surface area contributed by atoms with Gasteiger partial charge in [0.2, 0.25) is 0 Å². The van der Waals surface area contributed by atoms with E-state index < -0.39 is 5.60 Å². The van der Waals surface area contributed by atoms with E-state index in [4.69, 9.17) is 4.74 Å². The molecule has 1 spiro atoms. The van der Waals surface area contributed by atoms with Gasteiger partial charge in [-0.25, -0.2) is 4.79 Å². The summed E-state index contributed by atoms with van der Waals surface area (Å²) in [7, 11) is 0. The van der Waals surface area contributed by atoms with Gasteiger partial charge < -0.3 is 4.74 Å². The van der Waals surface area contributed by atoms with Gasteiger partial charge in [-0.2, -0.15) is 0 Å². The summed E-state index contributed by atoms with van der Waals surface area (Å²) in [6.45, 7) is 0. The number of allylic oxidation sites excluding steroid dienone is 1. The highest BCUT2D eigenvalue weighted by molar-refractivity contribution is 14.1. The number of carbonyl (C=O) groups excluding carboxylic acids is 2. The Kier molecular flexibility index (Phi) is 2.71. The van der Waals surface area contributed by atoms with Gasteiger partial charge in [-0.15, -0.1) is 0 Å². The largest absolute Gasteiger partial charge is 0.440 e. The summed E-state index contributed by atoms with van der Waals surface area (Å²) < 4.78 is 6.63. The van der Waals surface area contributed by atoms with Gasteiger partial charge in [0.15, 0.2) is 11.4 Å². The molecule has 1 aliphatic heterocycles. The van der Waals surface area contributed by atoms with Gasteiger partial charge in [-0.1, -0.05) is 24.3 Å². The van der Waals surface area contributed by atoms with Crippen molar-refractivity contribution in [1.29, 1.82) is 0 Å². The lowest BCUT2D eigenvalue weighted by molar-refractivity contribution is -0.143. The molecule has 0 bridgehead atoms. The molecule has 3 nitrogen and oxygen atoms in total. The second-order valence-electron chi connectivity index (χ2n) is 4.00. The van der Waals surface area contributed by atoms with E-state index in [0.29, 0.717) is 19.2 Å². The maximum absolute atomic E-state index is 11.8. The number of halogens is 2. The van der Waals surface area contributed by atoms with E-state index in [0.717, 1.165) is 0 Å². The van der Waals surface area contributed by atoms with Gasteiger partial charge in [-0.05, 0) is 50.7 Å². The zero-order valence-electron chi connectivity index (χ0n) is 8.94. The second-order valence-corrected chi connectivity index (χ2v) is 5.87. The normalized spacial score (nSPS) is 25.7. The van der Waals surface area contributed by atoms with Gasteiger partial charge in [0.25, 0.3) is 0 Å². The lowest BCUT2D eigenvalue weighted by Gasteiger charge is -2.30. The number of carbonyl (C=O) groups is 2. The van der Waals surface area contributed by atoms with Crippen LogP contribution in [0.1, 0.15) is 15.9 Å². The maximum Gasteiger partial charge on any atom is 0.346 e. The highest BCUT2D eigenvalue weighted by Crippen LogP contribution is 2.50. The third-order valence-electron chi connectivity index (χ3n) is 3.01. The SMILES string of the molecule is O=C1OC2(C=CC(=O)c3ccccc32)C(Br)=C1I. The van der Waals surface area contributed by atoms with Crippen molar-refractivity contribution < 1.29 is 14.3 Å². The van der Waals surface area contributed by atoms with Crippen molar-refractivity contribution in [2.24, 2.45) is 0 Å². The van der Waals surface area contributed by atoms with Crippen molar-refractivity contribution in [1.82, 2.24) is 0 Å². The number of benzene rings is 1. The van der Waals surface area contributed by atoms with Crippen molar-refractivity contribution in [2.75, 3.05) is 0 Å². The first-order chi connectivity index (χ1) is 8.56. The average molecular weight is 417 g/mol. The van der Waals surface area contributed by atoms with Crippen molar-refractivity contribution in [3.63, 3.8) is 0 Å². The molecule has 0 fully saturated rings. The molecular formula is C13H6BrIO3. The van der Waals surface area contributed by atoms with Gasteiger partial charge in [0, 0.05) is 11.1 Å². The molecule has 0 amide bonds. The molecule has 0 saturated carbocycles. The predicted octanol–water partition coefficient (Wildman–Crippen LogP) is 3.23. The van der Waals surface area contributed by atoms with Crippen LogP contribution in [-0.4, -0.2) is 11.8 Å². The van der Waals surface area contributed by atoms with E-state index in [2.05, 4.69) is 15.9 Å². The van der Waals surface area contributed by atoms with E-state index in [1.54, 1.807) is 24.3 Å². The van der Waals surface area contributed by atoms with E-state index in [-0.39, 0.29) is 11.8 Å². The van der Waals surface area contributed by atoms with Crippen LogP contribution in [0.5, 0.6) is 0 Å². The van der Waals surface area contributed by atoms with Crippen LogP contribution in [0.25, 0.3) is 0 Å². The molecule has 18 heavy (non-hydrogen) atoms. The molecule has 1 unspecified atom stereocenters. The van der Waals surface area contributed by atoms with Gasteiger partial charge >= 0.3 is 5.97 Å². The molecule has 0 aromatic heterocycles. The third kappa shape index (κ3) is 1.46. The molecule has 1 aromatic rings. The highest BCUT2D eigenvalue weighted by atomic mass is 127. The molecule has 1 aromatic carbocycles. The van der Waals surface area contributed by atoms with Crippen molar-refractivity contribution in [3.05, 3.63) is 55.6 Å². The average Bonchev–Trinajstić information content (AvgIpc) is 2.60. The summed E-state index contributed by atoms with van der Waals surface area (Å²) in [5.74, 6) is -0.453. The molecule has 1 heterocycles. The lowest BCUT2D eigenvalue weighted by Crippen LogP contribution is -2.30. The predicted molar refractivity (Wildman–Crippen MR) is 77.7 cm³/mol. The fraction of sp³-hybridized carbons (Fsp3) is 0.0769. The third-order valence-corrected chi connectivity index (χ3v) is 5.72. The fourth-order valence-electron chi connectivity index (χ4n) is 2.16. The summed E-state index contributed by atoms with van der Waals surface area (Å²) in [5, 5.41) is 0. The first kappa shape index (κ1) is 12.1. The van der Waals surface area contributed by atoms with Crippen LogP contribution in [0.4, 0.5) is 0 Å². The molecule has 1 aliphatic carbocycles. The number of rotatable bonds is 0. The standard InChI is InChI=1S/C13H6BrIO3/c14-11-10(15)12(17)18-13(11)6-5-9(16)7-3-1-2-4-8(7)13/h1-6H. The van der Waals surface area contributed by atoms with Crippen LogP contribution in [0.2, 0.25) is 0 Å². The number of esters is 1. The minimum absolute atomic E-state index is 0.0746. The molecular weight excluding hydrogens is 411 g/mol. The Morgan fingerprint density at radius 2 is 1.94 bits per heavy atom. The minimum atomic E-state index is -0.974. The van der Waals surface area contributed by atoms with Gasteiger partial charge in [-0.3, -0.25) is 4.79 Å². The molecule has 2 aliphatic rings. The molecule has 1 atom stereocenters. The molecule has 0 radical (unpaired) electrons. The summed E-state index contributed by atoms with van der Waals surface area (Å²) in [6.07, 6.45) is 3.08. The maximum atomic E-state index is 11.8. The molecule has 5 heteroatoms. The second kappa shape index (κ2) is 4.03. The monoisotopic (exact) mass is 416 g/mol. The number of ketones is 1. The van der Waals surface area contributed by atoms with Crippen molar-refractivity contribution in [3.8, 4) is 0 Å². The molecule has 90 valence electrons. The topological polar surface area (TPSA) is 43.4 Å². The van der Waals surface area contributed by atoms with Crippen LogP contribution < -0.4 is 0 Å². The number of fused-ring (bicyclic) bond motifs is 2. The Morgan fingerprint density at radius 3 is 2.61 bits per heavy atom. The summed E-state index contributed by atoms with van der Waals surface area (Å²) in [6, 6.07) is 7.16. The molecule has 0 N–H and O–H groups in total. The Balaban J connectivity index is 2.31. The van der Waals surface area contributed by atoms with Crippen LogP contribution in [0.3, 0.4) is 0 Å².